The van der Waals surface area contributed by atoms with Gasteiger partial charge in [0.2, 0.25) is 0 Å². The Labute approximate surface area is 116 Å². The highest BCUT2D eigenvalue weighted by Crippen LogP contribution is 2.25. The molecule has 1 saturated carbocycles. The number of halogens is 1. The van der Waals surface area contributed by atoms with Crippen LogP contribution in [0, 0.1) is 0 Å². The van der Waals surface area contributed by atoms with Crippen molar-refractivity contribution < 1.29 is 4.79 Å². The molecule has 0 aromatic heterocycles. The number of nitrogens with two attached hydrogens (primary N) is 1. The lowest BCUT2D eigenvalue weighted by Gasteiger charge is -2.31. The van der Waals surface area contributed by atoms with Gasteiger partial charge in [-0.05, 0) is 31.0 Å². The van der Waals surface area contributed by atoms with Crippen molar-refractivity contribution in [3.05, 3.63) is 28.2 Å². The Kier molecular flexibility index (Phi) is 4.27. The summed E-state index contributed by atoms with van der Waals surface area (Å²) in [5.41, 5.74) is 7.05. The third-order valence-corrected chi connectivity index (χ3v) is 4.18. The summed E-state index contributed by atoms with van der Waals surface area (Å²) in [6.07, 6.45) is 5.95. The molecule has 1 aliphatic rings. The highest BCUT2D eigenvalue weighted by atomic mass is 79.9. The quantitative estimate of drug-likeness (QED) is 0.851. The van der Waals surface area contributed by atoms with Crippen molar-refractivity contribution in [3.8, 4) is 0 Å². The minimum Gasteiger partial charge on any atom is -0.398 e. The van der Waals surface area contributed by atoms with Crippen molar-refractivity contribution in [1.82, 2.24) is 4.90 Å². The number of carbonyl (C=O) groups excluding carboxylic acids is 1. The lowest BCUT2D eigenvalue weighted by molar-refractivity contribution is 0.0697. The maximum absolute atomic E-state index is 12.4. The fourth-order valence-corrected chi connectivity index (χ4v) is 2.93. The molecule has 1 fully saturated rings. The Morgan fingerprint density at radius 2 is 2.00 bits per heavy atom. The zero-order valence-corrected chi connectivity index (χ0v) is 12.2. The number of anilines is 1. The second-order valence-corrected chi connectivity index (χ2v) is 5.86. The number of amides is 1. The second kappa shape index (κ2) is 5.74. The zero-order chi connectivity index (χ0) is 13.1. The van der Waals surface area contributed by atoms with Crippen molar-refractivity contribution in [3.63, 3.8) is 0 Å². The minimum absolute atomic E-state index is 0.0342. The average molecular weight is 311 g/mol. The van der Waals surface area contributed by atoms with E-state index in [2.05, 4.69) is 15.9 Å². The molecule has 0 aliphatic heterocycles. The summed E-state index contributed by atoms with van der Waals surface area (Å²) in [6, 6.07) is 5.80. The van der Waals surface area contributed by atoms with Gasteiger partial charge in [-0.3, -0.25) is 4.79 Å². The summed E-state index contributed by atoms with van der Waals surface area (Å²) in [6.45, 7) is 0. The molecule has 0 heterocycles. The van der Waals surface area contributed by atoms with Gasteiger partial charge in [-0.1, -0.05) is 35.2 Å². The van der Waals surface area contributed by atoms with Gasteiger partial charge in [-0.25, -0.2) is 0 Å². The second-order valence-electron chi connectivity index (χ2n) is 4.94. The van der Waals surface area contributed by atoms with E-state index in [1.54, 1.807) is 12.1 Å². The van der Waals surface area contributed by atoms with Gasteiger partial charge in [0.15, 0.2) is 0 Å². The molecule has 2 rings (SSSR count). The lowest BCUT2D eigenvalue weighted by Crippen LogP contribution is -2.38. The van der Waals surface area contributed by atoms with Crippen LogP contribution in [0.3, 0.4) is 0 Å². The molecule has 1 amide bonds. The molecule has 18 heavy (non-hydrogen) atoms. The number of nitrogen functional groups attached to an aromatic ring is 1. The Morgan fingerprint density at radius 3 is 2.61 bits per heavy atom. The van der Waals surface area contributed by atoms with E-state index in [-0.39, 0.29) is 5.91 Å². The summed E-state index contributed by atoms with van der Waals surface area (Å²) in [5, 5.41) is 0. The molecular weight excluding hydrogens is 292 g/mol. The molecule has 98 valence electrons. The molecule has 1 aliphatic carbocycles. The fraction of sp³-hybridized carbons (Fsp3) is 0.500. The predicted octanol–water partition coefficient (Wildman–Crippen LogP) is 3.44. The molecule has 0 spiro atoms. The highest BCUT2D eigenvalue weighted by molar-refractivity contribution is 9.10. The fourth-order valence-electron chi connectivity index (χ4n) is 2.55. The van der Waals surface area contributed by atoms with Gasteiger partial charge in [0.1, 0.15) is 0 Å². The first kappa shape index (κ1) is 13.4. The molecule has 4 heteroatoms. The predicted molar refractivity (Wildman–Crippen MR) is 77.5 cm³/mol. The number of benzene rings is 1. The van der Waals surface area contributed by atoms with Gasteiger partial charge in [0.25, 0.3) is 5.91 Å². The Hall–Kier alpha value is -1.03. The maximum Gasteiger partial charge on any atom is 0.255 e. The van der Waals surface area contributed by atoms with Crippen molar-refractivity contribution in [2.45, 2.75) is 38.1 Å². The molecule has 2 N–H and O–H groups in total. The summed E-state index contributed by atoms with van der Waals surface area (Å²) in [7, 11) is 1.89. The summed E-state index contributed by atoms with van der Waals surface area (Å²) < 4.78 is 0.900. The first-order chi connectivity index (χ1) is 8.59. The topological polar surface area (TPSA) is 46.3 Å². The van der Waals surface area contributed by atoms with Gasteiger partial charge in [-0.2, -0.15) is 0 Å². The average Bonchev–Trinajstić information content (AvgIpc) is 2.38. The summed E-state index contributed by atoms with van der Waals surface area (Å²) in [4.78, 5) is 14.3. The molecular formula is C14H19BrN2O. The number of nitrogens with zero attached hydrogens (tertiary/aromatic N) is 1. The molecule has 0 saturated heterocycles. The first-order valence-electron chi connectivity index (χ1n) is 6.42. The molecule has 0 bridgehead atoms. The van der Waals surface area contributed by atoms with Gasteiger partial charge in [0, 0.05) is 23.2 Å². The van der Waals surface area contributed by atoms with Crippen LogP contribution in [0.2, 0.25) is 0 Å². The van der Waals surface area contributed by atoms with E-state index >= 15 is 0 Å². The zero-order valence-electron chi connectivity index (χ0n) is 10.7. The van der Waals surface area contributed by atoms with Crippen LogP contribution in [-0.2, 0) is 0 Å². The standard InChI is InChI=1S/C14H19BrN2O/c1-17(11-5-3-2-4-6-11)14(18)12-8-7-10(15)9-13(12)16/h7-9,11H,2-6,16H2,1H3. The summed E-state index contributed by atoms with van der Waals surface area (Å²) in [5.74, 6) is 0.0342. The van der Waals surface area contributed by atoms with E-state index in [1.807, 2.05) is 18.0 Å². The SMILES string of the molecule is CN(C(=O)c1ccc(Br)cc1N)C1CCCCC1. The van der Waals surface area contributed by atoms with E-state index in [4.69, 9.17) is 5.73 Å². The minimum atomic E-state index is 0.0342. The van der Waals surface area contributed by atoms with Gasteiger partial charge < -0.3 is 10.6 Å². The number of hydrogen-bond donors (Lipinski definition) is 1. The van der Waals surface area contributed by atoms with Crippen molar-refractivity contribution in [2.75, 3.05) is 12.8 Å². The molecule has 0 radical (unpaired) electrons. The normalized spacial score (nSPS) is 16.6. The van der Waals surface area contributed by atoms with Crippen LogP contribution in [-0.4, -0.2) is 23.9 Å². The van der Waals surface area contributed by atoms with Crippen molar-refractivity contribution in [2.24, 2.45) is 0 Å². The smallest absolute Gasteiger partial charge is 0.255 e. The van der Waals surface area contributed by atoms with Crippen molar-refractivity contribution in [1.29, 1.82) is 0 Å². The van der Waals surface area contributed by atoms with Crippen molar-refractivity contribution >= 4 is 27.5 Å². The number of hydrogen-bond acceptors (Lipinski definition) is 2. The van der Waals surface area contributed by atoms with E-state index in [1.165, 1.54) is 19.3 Å². The first-order valence-corrected chi connectivity index (χ1v) is 7.21. The lowest BCUT2D eigenvalue weighted by atomic mass is 9.94. The van der Waals surface area contributed by atoms with Crippen LogP contribution in [0.15, 0.2) is 22.7 Å². The maximum atomic E-state index is 12.4. The third kappa shape index (κ3) is 2.86. The monoisotopic (exact) mass is 310 g/mol. The third-order valence-electron chi connectivity index (χ3n) is 3.69. The Morgan fingerprint density at radius 1 is 1.33 bits per heavy atom. The summed E-state index contributed by atoms with van der Waals surface area (Å²) >= 11 is 3.35. The van der Waals surface area contributed by atoms with E-state index in [9.17, 15) is 4.79 Å². The molecule has 0 unspecified atom stereocenters. The van der Waals surface area contributed by atoms with E-state index < -0.39 is 0 Å². The van der Waals surface area contributed by atoms with Crippen LogP contribution in [0.25, 0.3) is 0 Å². The molecule has 3 nitrogen and oxygen atoms in total. The van der Waals surface area contributed by atoms with E-state index in [0.717, 1.165) is 17.3 Å². The Bertz CT molecular complexity index is 441. The van der Waals surface area contributed by atoms with Crippen LogP contribution in [0.5, 0.6) is 0 Å². The van der Waals surface area contributed by atoms with Crippen LogP contribution < -0.4 is 5.73 Å². The van der Waals surface area contributed by atoms with E-state index in [0.29, 0.717) is 17.3 Å². The highest BCUT2D eigenvalue weighted by Gasteiger charge is 2.23. The molecule has 1 aromatic carbocycles. The van der Waals surface area contributed by atoms with Crippen LogP contribution in [0.1, 0.15) is 42.5 Å². The van der Waals surface area contributed by atoms with Crippen LogP contribution in [0.4, 0.5) is 5.69 Å². The van der Waals surface area contributed by atoms with Gasteiger partial charge in [0.05, 0.1) is 5.56 Å². The van der Waals surface area contributed by atoms with Gasteiger partial charge in [-0.15, -0.1) is 0 Å². The number of rotatable bonds is 2. The Balaban J connectivity index is 2.14. The van der Waals surface area contributed by atoms with Crippen LogP contribution >= 0.6 is 15.9 Å². The molecule has 0 atom stereocenters. The molecule has 1 aromatic rings. The van der Waals surface area contributed by atoms with Gasteiger partial charge >= 0.3 is 0 Å². The largest absolute Gasteiger partial charge is 0.398 e. The number of carbonyl (C=O) groups is 1.